The topological polar surface area (TPSA) is 79.6 Å². The molecule has 148 valence electrons. The lowest BCUT2D eigenvalue weighted by molar-refractivity contribution is 0.0378. The summed E-state index contributed by atoms with van der Waals surface area (Å²) >= 11 is 0. The molecule has 0 bridgehead atoms. The first-order chi connectivity index (χ1) is 13.7. The van der Waals surface area contributed by atoms with Crippen molar-refractivity contribution in [2.75, 3.05) is 50.0 Å². The van der Waals surface area contributed by atoms with Crippen LogP contribution >= 0.6 is 0 Å². The Hall–Kier alpha value is -2.71. The molecule has 0 amide bonds. The highest BCUT2D eigenvalue weighted by Crippen LogP contribution is 2.19. The van der Waals surface area contributed by atoms with Crippen LogP contribution in [0, 0.1) is 13.8 Å². The van der Waals surface area contributed by atoms with E-state index >= 15 is 0 Å². The highest BCUT2D eigenvalue weighted by Gasteiger charge is 2.11. The van der Waals surface area contributed by atoms with E-state index in [-0.39, 0.29) is 0 Å². The molecule has 0 aliphatic carbocycles. The molecule has 8 nitrogen and oxygen atoms in total. The fourth-order valence-corrected chi connectivity index (χ4v) is 3.51. The van der Waals surface area contributed by atoms with Gasteiger partial charge in [0.15, 0.2) is 11.5 Å². The summed E-state index contributed by atoms with van der Waals surface area (Å²) in [5.74, 6) is 1.32. The quantitative estimate of drug-likeness (QED) is 0.609. The number of hydrogen-bond acceptors (Lipinski definition) is 7. The molecule has 28 heavy (non-hydrogen) atoms. The first-order valence-electron chi connectivity index (χ1n) is 9.78. The van der Waals surface area contributed by atoms with Gasteiger partial charge in [0.2, 0.25) is 5.95 Å². The third kappa shape index (κ3) is 4.58. The number of aryl methyl sites for hydroxylation is 2. The molecule has 2 aromatic heterocycles. The van der Waals surface area contributed by atoms with E-state index in [1.54, 1.807) is 10.7 Å². The molecule has 0 atom stereocenters. The summed E-state index contributed by atoms with van der Waals surface area (Å²) in [6.07, 6.45) is 4.60. The summed E-state index contributed by atoms with van der Waals surface area (Å²) in [5, 5.41) is 11.2. The number of morpholine rings is 1. The van der Waals surface area contributed by atoms with Gasteiger partial charge in [-0.1, -0.05) is 6.07 Å². The van der Waals surface area contributed by atoms with Gasteiger partial charge in [-0.25, -0.2) is 9.50 Å². The third-order valence-corrected chi connectivity index (χ3v) is 4.78. The molecule has 0 saturated carbocycles. The van der Waals surface area contributed by atoms with Crippen molar-refractivity contribution in [2.45, 2.75) is 20.3 Å². The van der Waals surface area contributed by atoms with Crippen molar-refractivity contribution in [1.29, 1.82) is 0 Å². The molecule has 0 unspecified atom stereocenters. The van der Waals surface area contributed by atoms with Gasteiger partial charge in [0.25, 0.3) is 0 Å². The van der Waals surface area contributed by atoms with Gasteiger partial charge in [-0.3, -0.25) is 4.90 Å². The van der Waals surface area contributed by atoms with Gasteiger partial charge in [0.1, 0.15) is 0 Å². The largest absolute Gasteiger partial charge is 0.379 e. The van der Waals surface area contributed by atoms with E-state index in [1.165, 1.54) is 11.1 Å². The summed E-state index contributed by atoms with van der Waals surface area (Å²) in [6, 6.07) is 6.31. The van der Waals surface area contributed by atoms with Crippen LogP contribution in [0.15, 0.2) is 30.6 Å². The second-order valence-electron chi connectivity index (χ2n) is 7.22. The average molecular weight is 381 g/mol. The average Bonchev–Trinajstić information content (AvgIpc) is 3.08. The molecule has 3 heterocycles. The zero-order chi connectivity index (χ0) is 19.3. The molecule has 4 rings (SSSR count). The molecule has 8 heteroatoms. The summed E-state index contributed by atoms with van der Waals surface area (Å²) in [6.45, 7) is 9.78. The second-order valence-corrected chi connectivity index (χ2v) is 7.22. The summed E-state index contributed by atoms with van der Waals surface area (Å²) in [4.78, 5) is 11.5. The third-order valence-electron chi connectivity index (χ3n) is 4.78. The lowest BCUT2D eigenvalue weighted by Crippen LogP contribution is -2.37. The van der Waals surface area contributed by atoms with Gasteiger partial charge in [0, 0.05) is 37.7 Å². The molecule has 0 radical (unpaired) electrons. The van der Waals surface area contributed by atoms with Gasteiger partial charge in [-0.15, -0.1) is 5.10 Å². The number of nitrogens with one attached hydrogen (secondary N) is 2. The van der Waals surface area contributed by atoms with Crippen LogP contribution in [0.3, 0.4) is 0 Å². The zero-order valence-electron chi connectivity index (χ0n) is 16.5. The van der Waals surface area contributed by atoms with Crippen LogP contribution in [0.4, 0.5) is 17.5 Å². The molecule has 3 aromatic rings. The minimum Gasteiger partial charge on any atom is -0.379 e. The van der Waals surface area contributed by atoms with Crippen LogP contribution in [-0.4, -0.2) is 63.9 Å². The highest BCUT2D eigenvalue weighted by atomic mass is 16.5. The van der Waals surface area contributed by atoms with Crippen molar-refractivity contribution >= 4 is 23.1 Å². The Bertz CT molecular complexity index is 913. The molecule has 1 aliphatic rings. The molecular weight excluding hydrogens is 354 g/mol. The van der Waals surface area contributed by atoms with Crippen LogP contribution in [0.25, 0.3) is 5.65 Å². The van der Waals surface area contributed by atoms with Crippen molar-refractivity contribution in [2.24, 2.45) is 0 Å². The number of anilines is 3. The van der Waals surface area contributed by atoms with Gasteiger partial charge in [0.05, 0.1) is 13.2 Å². The Morgan fingerprint density at radius 1 is 1.11 bits per heavy atom. The number of aromatic nitrogens is 4. The monoisotopic (exact) mass is 381 g/mol. The number of rotatable bonds is 7. The first kappa shape index (κ1) is 18.6. The maximum Gasteiger partial charge on any atom is 0.247 e. The Kier molecular flexibility index (Phi) is 5.68. The molecule has 1 fully saturated rings. The van der Waals surface area contributed by atoms with Crippen molar-refractivity contribution in [3.05, 3.63) is 41.7 Å². The van der Waals surface area contributed by atoms with Gasteiger partial charge in [-0.05, 0) is 50.1 Å². The van der Waals surface area contributed by atoms with Crippen LogP contribution in [0.1, 0.15) is 17.5 Å². The Labute approximate surface area is 164 Å². The van der Waals surface area contributed by atoms with Gasteiger partial charge < -0.3 is 15.4 Å². The van der Waals surface area contributed by atoms with Crippen LogP contribution in [0.2, 0.25) is 0 Å². The zero-order valence-corrected chi connectivity index (χ0v) is 16.5. The standard InChI is InChI=1S/C20H27N7O/c1-15-12-16(2)14-17(13-15)23-20-24-19-18(22-5-7-27(19)25-20)21-4-3-6-26-8-10-28-11-9-26/h5,7,12-14H,3-4,6,8-11H2,1-2H3,(H,21,22)(H,23,25). The Morgan fingerprint density at radius 2 is 1.89 bits per heavy atom. The fourth-order valence-electron chi connectivity index (χ4n) is 3.51. The normalized spacial score (nSPS) is 15.1. The van der Waals surface area contributed by atoms with E-state index in [0.717, 1.165) is 63.0 Å². The lowest BCUT2D eigenvalue weighted by atomic mass is 10.1. The Morgan fingerprint density at radius 3 is 2.68 bits per heavy atom. The number of ether oxygens (including phenoxy) is 1. The predicted molar refractivity (Wildman–Crippen MR) is 110 cm³/mol. The predicted octanol–water partition coefficient (Wildman–Crippen LogP) is 2.62. The number of benzene rings is 1. The first-order valence-corrected chi connectivity index (χ1v) is 9.78. The summed E-state index contributed by atoms with van der Waals surface area (Å²) in [5.41, 5.74) is 4.12. The second kappa shape index (κ2) is 8.53. The smallest absolute Gasteiger partial charge is 0.247 e. The molecule has 0 spiro atoms. The lowest BCUT2D eigenvalue weighted by Gasteiger charge is -2.26. The molecule has 1 aliphatic heterocycles. The fraction of sp³-hybridized carbons (Fsp3) is 0.450. The number of nitrogens with zero attached hydrogens (tertiary/aromatic N) is 5. The van der Waals surface area contributed by atoms with Crippen molar-refractivity contribution < 1.29 is 4.74 Å². The minimum absolute atomic E-state index is 0.564. The van der Waals surface area contributed by atoms with E-state index in [9.17, 15) is 0 Å². The molecule has 1 aromatic carbocycles. The number of hydrogen-bond donors (Lipinski definition) is 2. The summed E-state index contributed by atoms with van der Waals surface area (Å²) in [7, 11) is 0. The van der Waals surface area contributed by atoms with Gasteiger partial charge >= 0.3 is 0 Å². The molecule has 2 N–H and O–H groups in total. The van der Waals surface area contributed by atoms with E-state index in [1.807, 2.05) is 6.20 Å². The molecular formula is C20H27N7O. The van der Waals surface area contributed by atoms with Crippen LogP contribution in [-0.2, 0) is 4.74 Å². The van der Waals surface area contributed by atoms with Crippen molar-refractivity contribution in [3.8, 4) is 0 Å². The van der Waals surface area contributed by atoms with Crippen molar-refractivity contribution in [1.82, 2.24) is 24.5 Å². The van der Waals surface area contributed by atoms with E-state index in [2.05, 4.69) is 62.6 Å². The SMILES string of the molecule is Cc1cc(C)cc(Nc2nc3c(NCCCN4CCOCC4)nccn3n2)c1. The minimum atomic E-state index is 0.564. The highest BCUT2D eigenvalue weighted by molar-refractivity contribution is 5.65. The van der Waals surface area contributed by atoms with E-state index < -0.39 is 0 Å². The summed E-state index contributed by atoms with van der Waals surface area (Å²) < 4.78 is 7.14. The molecule has 1 saturated heterocycles. The maximum atomic E-state index is 5.39. The van der Waals surface area contributed by atoms with Crippen LogP contribution in [0.5, 0.6) is 0 Å². The van der Waals surface area contributed by atoms with Gasteiger partial charge in [-0.2, -0.15) is 4.98 Å². The van der Waals surface area contributed by atoms with E-state index in [0.29, 0.717) is 5.95 Å². The van der Waals surface area contributed by atoms with E-state index in [4.69, 9.17) is 4.74 Å². The number of fused-ring (bicyclic) bond motifs is 1. The Balaban J connectivity index is 1.40. The van der Waals surface area contributed by atoms with Crippen LogP contribution < -0.4 is 10.6 Å². The van der Waals surface area contributed by atoms with Crippen molar-refractivity contribution in [3.63, 3.8) is 0 Å². The maximum absolute atomic E-state index is 5.39.